The molecule has 3 aromatic carbocycles. The van der Waals surface area contributed by atoms with Gasteiger partial charge < -0.3 is 10.1 Å². The lowest BCUT2D eigenvalue weighted by molar-refractivity contribution is 0.0935. The summed E-state index contributed by atoms with van der Waals surface area (Å²) < 4.78 is 5.82. The SMILES string of the molecule is CC[C@@H](NC(=O)c1ccc(OCc2ccccc2Cl)cc1)c1ccc2c(c1)CCCC2. The van der Waals surface area contributed by atoms with Crippen LogP contribution in [0.25, 0.3) is 0 Å². The van der Waals surface area contributed by atoms with Crippen molar-refractivity contribution in [3.8, 4) is 5.75 Å². The Morgan fingerprint density at radius 3 is 2.48 bits per heavy atom. The maximum Gasteiger partial charge on any atom is 0.251 e. The van der Waals surface area contributed by atoms with E-state index in [1.807, 2.05) is 36.4 Å². The van der Waals surface area contributed by atoms with Crippen LogP contribution in [-0.4, -0.2) is 5.91 Å². The summed E-state index contributed by atoms with van der Waals surface area (Å²) in [5.74, 6) is 0.639. The molecule has 1 aliphatic carbocycles. The number of ether oxygens (including phenoxy) is 1. The number of rotatable bonds is 7. The van der Waals surface area contributed by atoms with Gasteiger partial charge in [-0.15, -0.1) is 0 Å². The van der Waals surface area contributed by atoms with E-state index in [9.17, 15) is 4.79 Å². The van der Waals surface area contributed by atoms with Gasteiger partial charge >= 0.3 is 0 Å². The van der Waals surface area contributed by atoms with Gasteiger partial charge in [-0.25, -0.2) is 0 Å². The average molecular weight is 434 g/mol. The van der Waals surface area contributed by atoms with Crippen LogP contribution in [0.5, 0.6) is 5.75 Å². The number of aryl methyl sites for hydroxylation is 2. The first-order valence-electron chi connectivity index (χ1n) is 11.0. The van der Waals surface area contributed by atoms with Gasteiger partial charge in [0.25, 0.3) is 5.91 Å². The van der Waals surface area contributed by atoms with Gasteiger partial charge in [-0.2, -0.15) is 0 Å². The smallest absolute Gasteiger partial charge is 0.251 e. The van der Waals surface area contributed by atoms with E-state index in [1.165, 1.54) is 36.0 Å². The summed E-state index contributed by atoms with van der Waals surface area (Å²) in [6, 6.07) is 21.6. The number of halogens is 1. The van der Waals surface area contributed by atoms with Crippen LogP contribution in [0.15, 0.2) is 66.7 Å². The third kappa shape index (κ3) is 5.29. The summed E-state index contributed by atoms with van der Waals surface area (Å²) in [4.78, 5) is 12.8. The number of nitrogens with one attached hydrogen (secondary N) is 1. The molecule has 0 spiro atoms. The van der Waals surface area contributed by atoms with Gasteiger partial charge in [0, 0.05) is 16.1 Å². The van der Waals surface area contributed by atoms with Crippen molar-refractivity contribution in [3.63, 3.8) is 0 Å². The highest BCUT2D eigenvalue weighted by atomic mass is 35.5. The van der Waals surface area contributed by atoms with Crippen molar-refractivity contribution in [1.82, 2.24) is 5.32 Å². The van der Waals surface area contributed by atoms with Crippen molar-refractivity contribution >= 4 is 17.5 Å². The molecule has 0 aliphatic heterocycles. The van der Waals surface area contributed by atoms with Crippen LogP contribution in [0.4, 0.5) is 0 Å². The van der Waals surface area contributed by atoms with E-state index in [0.717, 1.165) is 18.4 Å². The molecule has 1 atom stereocenters. The number of amides is 1. The van der Waals surface area contributed by atoms with Gasteiger partial charge in [-0.1, -0.05) is 54.9 Å². The molecule has 1 amide bonds. The first kappa shape index (κ1) is 21.5. The van der Waals surface area contributed by atoms with E-state index in [2.05, 4.69) is 30.4 Å². The van der Waals surface area contributed by atoms with Gasteiger partial charge in [0.05, 0.1) is 6.04 Å². The van der Waals surface area contributed by atoms with Crippen LogP contribution in [0, 0.1) is 0 Å². The molecule has 3 nitrogen and oxygen atoms in total. The van der Waals surface area contributed by atoms with Gasteiger partial charge in [0.15, 0.2) is 0 Å². The van der Waals surface area contributed by atoms with Crippen molar-refractivity contribution in [2.45, 2.75) is 51.7 Å². The first-order valence-corrected chi connectivity index (χ1v) is 11.4. The minimum Gasteiger partial charge on any atom is -0.489 e. The lowest BCUT2D eigenvalue weighted by Gasteiger charge is -2.22. The fourth-order valence-electron chi connectivity index (χ4n) is 4.11. The summed E-state index contributed by atoms with van der Waals surface area (Å²) in [5, 5.41) is 3.88. The molecule has 1 N–H and O–H groups in total. The minimum atomic E-state index is -0.0674. The molecule has 31 heavy (non-hydrogen) atoms. The van der Waals surface area contributed by atoms with Crippen LogP contribution in [0.1, 0.15) is 64.8 Å². The Morgan fingerprint density at radius 2 is 1.74 bits per heavy atom. The maximum absolute atomic E-state index is 12.8. The predicted molar refractivity (Wildman–Crippen MR) is 126 cm³/mol. The van der Waals surface area contributed by atoms with E-state index < -0.39 is 0 Å². The molecule has 4 rings (SSSR count). The van der Waals surface area contributed by atoms with Gasteiger partial charge in [0.2, 0.25) is 0 Å². The zero-order valence-corrected chi connectivity index (χ0v) is 18.6. The van der Waals surface area contributed by atoms with Crippen LogP contribution >= 0.6 is 11.6 Å². The standard InChI is InChI=1S/C27H28ClNO2/c1-2-26(22-12-11-19-7-3-4-8-21(19)17-22)29-27(30)20-13-15-24(16-14-20)31-18-23-9-5-6-10-25(23)28/h5-6,9-17,26H,2-4,7-8,18H2,1H3,(H,29,30)/t26-/m1/s1. The summed E-state index contributed by atoms with van der Waals surface area (Å²) in [5.41, 5.74) is 5.65. The molecule has 0 bridgehead atoms. The third-order valence-corrected chi connectivity index (χ3v) is 6.33. The molecule has 0 aromatic heterocycles. The number of fused-ring (bicyclic) bond motifs is 1. The normalized spacial score (nSPS) is 13.9. The fourth-order valence-corrected chi connectivity index (χ4v) is 4.30. The van der Waals surface area contributed by atoms with E-state index in [1.54, 1.807) is 12.1 Å². The highest BCUT2D eigenvalue weighted by molar-refractivity contribution is 6.31. The molecule has 0 saturated heterocycles. The number of carbonyl (C=O) groups excluding carboxylic acids is 1. The van der Waals surface area contributed by atoms with Crippen LogP contribution in [0.2, 0.25) is 5.02 Å². The fraction of sp³-hybridized carbons (Fsp3) is 0.296. The Hall–Kier alpha value is -2.78. The summed E-state index contributed by atoms with van der Waals surface area (Å²) >= 11 is 6.18. The average Bonchev–Trinajstić information content (AvgIpc) is 2.82. The zero-order valence-electron chi connectivity index (χ0n) is 17.9. The number of hydrogen-bond acceptors (Lipinski definition) is 2. The number of carbonyl (C=O) groups is 1. The van der Waals surface area contributed by atoms with Crippen molar-refractivity contribution in [2.75, 3.05) is 0 Å². The molecule has 0 unspecified atom stereocenters. The molecule has 0 fully saturated rings. The number of benzene rings is 3. The summed E-state index contributed by atoms with van der Waals surface area (Å²) in [6.07, 6.45) is 5.69. The molecule has 3 aromatic rings. The van der Waals surface area contributed by atoms with Crippen molar-refractivity contribution < 1.29 is 9.53 Å². The Balaban J connectivity index is 1.39. The van der Waals surface area contributed by atoms with Crippen LogP contribution < -0.4 is 10.1 Å². The second-order valence-electron chi connectivity index (χ2n) is 8.07. The minimum absolute atomic E-state index is 0.0101. The van der Waals surface area contributed by atoms with E-state index in [-0.39, 0.29) is 11.9 Å². The Morgan fingerprint density at radius 1 is 1.00 bits per heavy atom. The van der Waals surface area contributed by atoms with Crippen molar-refractivity contribution in [1.29, 1.82) is 0 Å². The van der Waals surface area contributed by atoms with Crippen LogP contribution in [-0.2, 0) is 19.4 Å². The zero-order chi connectivity index (χ0) is 21.6. The topological polar surface area (TPSA) is 38.3 Å². The molecular weight excluding hydrogens is 406 g/mol. The second kappa shape index (κ2) is 10.0. The molecule has 0 heterocycles. The molecule has 4 heteroatoms. The van der Waals surface area contributed by atoms with Crippen molar-refractivity contribution in [2.24, 2.45) is 0 Å². The summed E-state index contributed by atoms with van der Waals surface area (Å²) in [7, 11) is 0. The van der Waals surface area contributed by atoms with E-state index in [4.69, 9.17) is 16.3 Å². The molecule has 0 radical (unpaired) electrons. The Bertz CT molecular complexity index is 1050. The van der Waals surface area contributed by atoms with Gasteiger partial charge in [-0.05, 0) is 79.1 Å². The Labute approximate surface area is 189 Å². The largest absolute Gasteiger partial charge is 0.489 e. The predicted octanol–water partition coefficient (Wildman–Crippen LogP) is 6.68. The highest BCUT2D eigenvalue weighted by Gasteiger charge is 2.17. The summed E-state index contributed by atoms with van der Waals surface area (Å²) in [6.45, 7) is 2.50. The van der Waals surface area contributed by atoms with Gasteiger partial charge in [-0.3, -0.25) is 4.79 Å². The Kier molecular flexibility index (Phi) is 6.93. The quantitative estimate of drug-likeness (QED) is 0.451. The van der Waals surface area contributed by atoms with E-state index >= 15 is 0 Å². The number of hydrogen-bond donors (Lipinski definition) is 1. The highest BCUT2D eigenvalue weighted by Crippen LogP contribution is 2.26. The molecule has 160 valence electrons. The van der Waals surface area contributed by atoms with Crippen LogP contribution in [0.3, 0.4) is 0 Å². The lowest BCUT2D eigenvalue weighted by atomic mass is 9.88. The molecular formula is C27H28ClNO2. The second-order valence-corrected chi connectivity index (χ2v) is 8.48. The maximum atomic E-state index is 12.8. The lowest BCUT2D eigenvalue weighted by Crippen LogP contribution is -2.28. The van der Waals surface area contributed by atoms with Gasteiger partial charge in [0.1, 0.15) is 12.4 Å². The monoisotopic (exact) mass is 433 g/mol. The molecule has 0 saturated carbocycles. The van der Waals surface area contributed by atoms with E-state index in [0.29, 0.717) is 22.9 Å². The third-order valence-electron chi connectivity index (χ3n) is 5.96. The first-order chi connectivity index (χ1) is 15.1. The molecule has 1 aliphatic rings. The van der Waals surface area contributed by atoms with Crippen molar-refractivity contribution in [3.05, 3.63) is 99.6 Å².